The highest BCUT2D eigenvalue weighted by Gasteiger charge is 2.46. The van der Waals surface area contributed by atoms with Crippen molar-refractivity contribution in [3.05, 3.63) is 23.8 Å². The van der Waals surface area contributed by atoms with Crippen molar-refractivity contribution in [2.45, 2.75) is 23.3 Å². The third kappa shape index (κ3) is 1.86. The summed E-state index contributed by atoms with van der Waals surface area (Å²) < 4.78 is 5.32. The van der Waals surface area contributed by atoms with Crippen LogP contribution in [0.1, 0.15) is 18.4 Å². The molecule has 1 aromatic carbocycles. The Hall–Kier alpha value is -1.25. The zero-order valence-corrected chi connectivity index (χ0v) is 10.1. The van der Waals surface area contributed by atoms with E-state index in [-0.39, 0.29) is 5.54 Å². The van der Waals surface area contributed by atoms with Crippen LogP contribution >= 0.6 is 11.8 Å². The van der Waals surface area contributed by atoms with Crippen molar-refractivity contribution >= 4 is 17.8 Å². The van der Waals surface area contributed by atoms with E-state index in [1.165, 1.54) is 0 Å². The quantitative estimate of drug-likeness (QED) is 0.457. The number of rotatable bonds is 4. The summed E-state index contributed by atoms with van der Waals surface area (Å²) in [5.74, 6) is 0.800. The zero-order chi connectivity index (χ0) is 11.6. The van der Waals surface area contributed by atoms with Gasteiger partial charge in [0.05, 0.1) is 7.11 Å². The highest BCUT2D eigenvalue weighted by molar-refractivity contribution is 7.98. The second kappa shape index (κ2) is 4.32. The van der Waals surface area contributed by atoms with Gasteiger partial charge in [-0.15, -0.1) is 11.8 Å². The van der Waals surface area contributed by atoms with Crippen LogP contribution in [0.15, 0.2) is 28.1 Å². The van der Waals surface area contributed by atoms with Crippen LogP contribution in [0, 0.1) is 0 Å². The fourth-order valence-corrected chi connectivity index (χ4v) is 2.26. The SMILES string of the molecule is COc1ccc(SC)cc1C1(N=C=O)CC1. The van der Waals surface area contributed by atoms with E-state index in [9.17, 15) is 4.79 Å². The monoisotopic (exact) mass is 235 g/mol. The average Bonchev–Trinajstić information content (AvgIpc) is 3.09. The first kappa shape index (κ1) is 11.2. The highest BCUT2D eigenvalue weighted by Crippen LogP contribution is 2.52. The summed E-state index contributed by atoms with van der Waals surface area (Å²) in [5, 5.41) is 0. The lowest BCUT2D eigenvalue weighted by Crippen LogP contribution is -2.05. The van der Waals surface area contributed by atoms with Crippen molar-refractivity contribution < 1.29 is 9.53 Å². The van der Waals surface area contributed by atoms with Gasteiger partial charge in [-0.2, -0.15) is 4.99 Å². The first-order valence-corrected chi connectivity index (χ1v) is 6.30. The number of ether oxygens (including phenoxy) is 1. The lowest BCUT2D eigenvalue weighted by molar-refractivity contribution is 0.404. The van der Waals surface area contributed by atoms with Gasteiger partial charge in [0.1, 0.15) is 11.3 Å². The number of methoxy groups -OCH3 is 1. The molecule has 84 valence electrons. The number of aliphatic imine (C=N–C) groups is 1. The maximum atomic E-state index is 10.5. The number of carbonyl (C=O) groups excluding carboxylic acids is 1. The number of benzene rings is 1. The Labute approximate surface area is 98.9 Å². The summed E-state index contributed by atoms with van der Waals surface area (Å²) in [4.78, 5) is 15.5. The number of isocyanates is 1. The molecule has 3 nitrogen and oxygen atoms in total. The van der Waals surface area contributed by atoms with Crippen molar-refractivity contribution in [3.63, 3.8) is 0 Å². The summed E-state index contributed by atoms with van der Waals surface area (Å²) in [5.41, 5.74) is 0.643. The first-order chi connectivity index (χ1) is 7.75. The molecule has 0 N–H and O–H groups in total. The van der Waals surface area contributed by atoms with Crippen LogP contribution in [0.5, 0.6) is 5.75 Å². The van der Waals surface area contributed by atoms with Crippen molar-refractivity contribution in [1.29, 1.82) is 0 Å². The van der Waals surface area contributed by atoms with Gasteiger partial charge in [0.25, 0.3) is 0 Å². The lowest BCUT2D eigenvalue weighted by atomic mass is 10.0. The molecule has 2 rings (SSSR count). The minimum atomic E-state index is -0.362. The van der Waals surface area contributed by atoms with Crippen LogP contribution in [0.25, 0.3) is 0 Å². The standard InChI is InChI=1S/C12H13NO2S/c1-15-11-4-3-9(16-2)7-10(11)12(5-6-12)13-8-14/h3-4,7H,5-6H2,1-2H3. The Morgan fingerprint density at radius 3 is 2.75 bits per heavy atom. The first-order valence-electron chi connectivity index (χ1n) is 5.07. The van der Waals surface area contributed by atoms with Gasteiger partial charge in [0, 0.05) is 10.5 Å². The molecule has 0 saturated heterocycles. The Bertz CT molecular complexity index is 448. The van der Waals surface area contributed by atoms with Gasteiger partial charge in [-0.1, -0.05) is 0 Å². The molecule has 0 aliphatic heterocycles. The number of hydrogen-bond acceptors (Lipinski definition) is 4. The second-order valence-electron chi connectivity index (χ2n) is 3.80. The van der Waals surface area contributed by atoms with Gasteiger partial charge in [-0.05, 0) is 37.3 Å². The molecule has 1 fully saturated rings. The normalized spacial score (nSPS) is 16.4. The molecule has 0 amide bonds. The van der Waals surface area contributed by atoms with Crippen LogP contribution in [0.2, 0.25) is 0 Å². The molecule has 0 spiro atoms. The molecule has 1 saturated carbocycles. The van der Waals surface area contributed by atoms with Gasteiger partial charge in [0.2, 0.25) is 6.08 Å². The van der Waals surface area contributed by atoms with Crippen LogP contribution in [-0.4, -0.2) is 19.4 Å². The van der Waals surface area contributed by atoms with E-state index in [2.05, 4.69) is 11.1 Å². The maximum Gasteiger partial charge on any atom is 0.235 e. The number of hydrogen-bond donors (Lipinski definition) is 0. The third-order valence-corrected chi connectivity index (χ3v) is 3.62. The Morgan fingerprint density at radius 2 is 2.25 bits per heavy atom. The predicted octanol–water partition coefficient (Wildman–Crippen LogP) is 2.74. The van der Waals surface area contributed by atoms with Gasteiger partial charge >= 0.3 is 0 Å². The molecule has 0 heterocycles. The fraction of sp³-hybridized carbons (Fsp3) is 0.417. The van der Waals surface area contributed by atoms with E-state index < -0.39 is 0 Å². The average molecular weight is 235 g/mol. The molecule has 0 unspecified atom stereocenters. The molecule has 0 radical (unpaired) electrons. The van der Waals surface area contributed by atoms with Gasteiger partial charge in [0.15, 0.2) is 0 Å². The zero-order valence-electron chi connectivity index (χ0n) is 9.32. The molecule has 4 heteroatoms. The van der Waals surface area contributed by atoms with Gasteiger partial charge in [-0.25, -0.2) is 4.79 Å². The predicted molar refractivity (Wildman–Crippen MR) is 63.8 cm³/mol. The molecule has 1 aliphatic carbocycles. The van der Waals surface area contributed by atoms with Crippen LogP contribution in [-0.2, 0) is 10.3 Å². The molecule has 0 bridgehead atoms. The van der Waals surface area contributed by atoms with Crippen molar-refractivity contribution in [2.24, 2.45) is 4.99 Å². The van der Waals surface area contributed by atoms with Crippen molar-refractivity contribution in [3.8, 4) is 5.75 Å². The largest absolute Gasteiger partial charge is 0.496 e. The molecule has 1 aliphatic rings. The number of nitrogens with zero attached hydrogens (tertiary/aromatic N) is 1. The van der Waals surface area contributed by atoms with Crippen molar-refractivity contribution in [2.75, 3.05) is 13.4 Å². The van der Waals surface area contributed by atoms with E-state index in [0.29, 0.717) is 0 Å². The third-order valence-electron chi connectivity index (χ3n) is 2.89. The summed E-state index contributed by atoms with van der Waals surface area (Å²) >= 11 is 1.67. The summed E-state index contributed by atoms with van der Waals surface area (Å²) in [6, 6.07) is 5.99. The van der Waals surface area contributed by atoms with Crippen LogP contribution < -0.4 is 4.74 Å². The van der Waals surface area contributed by atoms with E-state index in [4.69, 9.17) is 4.74 Å². The Balaban J connectivity index is 2.49. The molecule has 0 aromatic heterocycles. The van der Waals surface area contributed by atoms with Crippen LogP contribution in [0.4, 0.5) is 0 Å². The van der Waals surface area contributed by atoms with E-state index in [1.54, 1.807) is 25.0 Å². The summed E-state index contributed by atoms with van der Waals surface area (Å²) in [6.45, 7) is 0. The van der Waals surface area contributed by atoms with E-state index in [0.717, 1.165) is 29.1 Å². The smallest absolute Gasteiger partial charge is 0.235 e. The molecular weight excluding hydrogens is 222 g/mol. The van der Waals surface area contributed by atoms with Crippen LogP contribution in [0.3, 0.4) is 0 Å². The highest BCUT2D eigenvalue weighted by atomic mass is 32.2. The number of thioether (sulfide) groups is 1. The Kier molecular flexibility index (Phi) is 3.03. The maximum absolute atomic E-state index is 10.5. The summed E-state index contributed by atoms with van der Waals surface area (Å²) in [6.07, 6.45) is 5.49. The minimum absolute atomic E-state index is 0.362. The van der Waals surface area contributed by atoms with Crippen molar-refractivity contribution in [1.82, 2.24) is 0 Å². The molecular formula is C12H13NO2S. The van der Waals surface area contributed by atoms with E-state index >= 15 is 0 Å². The fourth-order valence-electron chi connectivity index (χ4n) is 1.82. The molecule has 1 aromatic rings. The lowest BCUT2D eigenvalue weighted by Gasteiger charge is -2.14. The second-order valence-corrected chi connectivity index (χ2v) is 4.68. The Morgan fingerprint density at radius 1 is 1.50 bits per heavy atom. The topological polar surface area (TPSA) is 38.7 Å². The van der Waals surface area contributed by atoms with E-state index in [1.807, 2.05) is 18.4 Å². The van der Waals surface area contributed by atoms with Gasteiger partial charge in [-0.3, -0.25) is 0 Å². The molecule has 0 atom stereocenters. The molecule has 16 heavy (non-hydrogen) atoms. The minimum Gasteiger partial charge on any atom is -0.496 e. The van der Waals surface area contributed by atoms with Gasteiger partial charge < -0.3 is 4.74 Å². The summed E-state index contributed by atoms with van der Waals surface area (Å²) in [7, 11) is 1.64.